The summed E-state index contributed by atoms with van der Waals surface area (Å²) in [5.41, 5.74) is 3.53. The average Bonchev–Trinajstić information content (AvgIpc) is 3.23. The van der Waals surface area contributed by atoms with Crippen molar-refractivity contribution in [3.8, 4) is 11.4 Å². The summed E-state index contributed by atoms with van der Waals surface area (Å²) >= 11 is 1.49. The highest BCUT2D eigenvalue weighted by Crippen LogP contribution is 2.22. The third kappa shape index (κ3) is 3.57. The summed E-state index contributed by atoms with van der Waals surface area (Å²) in [5.74, 6) is -0.129. The molecule has 0 saturated carbocycles. The maximum atomic E-state index is 12.1. The Labute approximate surface area is 137 Å². The van der Waals surface area contributed by atoms with Crippen LogP contribution < -0.4 is 4.74 Å². The van der Waals surface area contributed by atoms with Gasteiger partial charge in [-0.25, -0.2) is 14.5 Å². The van der Waals surface area contributed by atoms with Gasteiger partial charge in [-0.1, -0.05) is 18.2 Å². The number of para-hydroxylation sites is 1. The highest BCUT2D eigenvalue weighted by atomic mass is 32.1. The predicted octanol–water partition coefficient (Wildman–Crippen LogP) is 3.08. The van der Waals surface area contributed by atoms with E-state index >= 15 is 0 Å². The maximum Gasteiger partial charge on any atom is 0.362 e. The summed E-state index contributed by atoms with van der Waals surface area (Å²) in [4.78, 5) is 16.2. The van der Waals surface area contributed by atoms with Crippen molar-refractivity contribution >= 4 is 17.3 Å². The topological polar surface area (TPSA) is 66.2 Å². The molecule has 6 nitrogen and oxygen atoms in total. The molecule has 7 heteroatoms. The van der Waals surface area contributed by atoms with Crippen molar-refractivity contribution in [2.45, 2.75) is 13.5 Å². The minimum absolute atomic E-state index is 0.158. The molecule has 0 fully saturated rings. The minimum Gasteiger partial charge on any atom is -0.483 e. The van der Waals surface area contributed by atoms with Gasteiger partial charge in [0.25, 0.3) is 0 Å². The third-order valence-corrected chi connectivity index (χ3v) is 3.66. The van der Waals surface area contributed by atoms with Gasteiger partial charge in [-0.05, 0) is 19.1 Å². The van der Waals surface area contributed by atoms with Crippen LogP contribution in [0.2, 0.25) is 0 Å². The number of hydrogen-bond donors (Lipinski definition) is 0. The first-order valence-electron chi connectivity index (χ1n) is 7.10. The highest BCUT2D eigenvalue weighted by molar-refractivity contribution is 7.07. The Bertz CT molecular complexity index is 769. The Balaban J connectivity index is 1.88. The van der Waals surface area contributed by atoms with E-state index in [1.807, 2.05) is 35.7 Å². The number of benzene rings is 1. The van der Waals surface area contributed by atoms with Gasteiger partial charge in [-0.15, -0.1) is 11.3 Å². The molecular weight excluding hydrogens is 314 g/mol. The molecule has 0 saturated heterocycles. The van der Waals surface area contributed by atoms with Crippen LogP contribution >= 0.6 is 11.3 Å². The van der Waals surface area contributed by atoms with Gasteiger partial charge < -0.3 is 9.47 Å². The molecule has 0 aliphatic heterocycles. The maximum absolute atomic E-state index is 12.1. The molecule has 3 aromatic rings. The first-order chi connectivity index (χ1) is 11.3. The zero-order valence-corrected chi connectivity index (χ0v) is 13.3. The second kappa shape index (κ2) is 7.06. The number of hydrogen-bond acceptors (Lipinski definition) is 6. The fourth-order valence-electron chi connectivity index (χ4n) is 1.98. The zero-order valence-electron chi connectivity index (χ0n) is 12.5. The molecule has 0 radical (unpaired) electrons. The lowest BCUT2D eigenvalue weighted by Gasteiger charge is -2.03. The number of nitrogens with zero attached hydrogens (tertiary/aromatic N) is 3. The lowest BCUT2D eigenvalue weighted by Crippen LogP contribution is -2.08. The van der Waals surface area contributed by atoms with E-state index in [9.17, 15) is 4.79 Å². The molecule has 23 heavy (non-hydrogen) atoms. The number of thiazole rings is 1. The largest absolute Gasteiger partial charge is 0.483 e. The minimum atomic E-state index is -0.504. The number of ether oxygens (including phenoxy) is 2. The number of aromatic nitrogens is 3. The van der Waals surface area contributed by atoms with Gasteiger partial charge in [-0.2, -0.15) is 5.10 Å². The van der Waals surface area contributed by atoms with Crippen LogP contribution in [0, 0.1) is 0 Å². The van der Waals surface area contributed by atoms with E-state index < -0.39 is 5.97 Å². The monoisotopic (exact) mass is 329 g/mol. The fraction of sp³-hybridized carbons (Fsp3) is 0.188. The summed E-state index contributed by atoms with van der Waals surface area (Å²) < 4.78 is 12.4. The number of esters is 1. The molecule has 0 spiro atoms. The standard InChI is InChI=1S/C16H15N3O3S/c1-2-21-16(20)15-14(22-9-12-10-23-11-17-12)8-19(18-15)13-6-4-3-5-7-13/h3-8,10-11H,2,9H2,1H3. The lowest BCUT2D eigenvalue weighted by molar-refractivity contribution is 0.0514. The SMILES string of the molecule is CCOC(=O)c1nn(-c2ccccc2)cc1OCc1cscn1. The van der Waals surface area contributed by atoms with Crippen molar-refractivity contribution in [2.75, 3.05) is 6.61 Å². The van der Waals surface area contributed by atoms with Crippen LogP contribution in [-0.4, -0.2) is 27.3 Å². The Kier molecular flexibility index (Phi) is 4.68. The van der Waals surface area contributed by atoms with Crippen LogP contribution in [0.4, 0.5) is 0 Å². The van der Waals surface area contributed by atoms with E-state index in [4.69, 9.17) is 9.47 Å². The Morgan fingerprint density at radius 3 is 2.83 bits per heavy atom. The summed E-state index contributed by atoms with van der Waals surface area (Å²) in [7, 11) is 0. The number of carbonyl (C=O) groups is 1. The summed E-state index contributed by atoms with van der Waals surface area (Å²) in [6.45, 7) is 2.31. The molecule has 0 atom stereocenters. The average molecular weight is 329 g/mol. The summed E-state index contributed by atoms with van der Waals surface area (Å²) in [6, 6.07) is 9.50. The van der Waals surface area contributed by atoms with Gasteiger partial charge in [0.1, 0.15) is 6.61 Å². The Hall–Kier alpha value is -2.67. The molecule has 0 amide bonds. The van der Waals surface area contributed by atoms with E-state index in [0.29, 0.717) is 5.75 Å². The first-order valence-corrected chi connectivity index (χ1v) is 8.04. The van der Waals surface area contributed by atoms with Crippen molar-refractivity contribution in [3.63, 3.8) is 0 Å². The van der Waals surface area contributed by atoms with Crippen LogP contribution in [0.1, 0.15) is 23.1 Å². The van der Waals surface area contributed by atoms with Gasteiger partial charge in [-0.3, -0.25) is 0 Å². The molecule has 2 aromatic heterocycles. The third-order valence-electron chi connectivity index (χ3n) is 3.03. The molecule has 1 aromatic carbocycles. The summed E-state index contributed by atoms with van der Waals surface area (Å²) in [5, 5.41) is 6.19. The van der Waals surface area contributed by atoms with E-state index in [-0.39, 0.29) is 18.9 Å². The molecule has 0 aliphatic carbocycles. The van der Waals surface area contributed by atoms with E-state index in [1.165, 1.54) is 11.3 Å². The second-order valence-corrected chi connectivity index (χ2v) is 5.33. The van der Waals surface area contributed by atoms with Crippen LogP contribution in [0.25, 0.3) is 5.69 Å². The van der Waals surface area contributed by atoms with Crippen LogP contribution in [-0.2, 0) is 11.3 Å². The van der Waals surface area contributed by atoms with Gasteiger partial charge >= 0.3 is 5.97 Å². The van der Waals surface area contributed by atoms with E-state index in [1.54, 1.807) is 23.3 Å². The van der Waals surface area contributed by atoms with Crippen LogP contribution in [0.15, 0.2) is 47.4 Å². The number of rotatable bonds is 6. The molecule has 118 valence electrons. The Morgan fingerprint density at radius 1 is 1.30 bits per heavy atom. The zero-order chi connectivity index (χ0) is 16.1. The number of carbonyl (C=O) groups excluding carboxylic acids is 1. The second-order valence-electron chi connectivity index (χ2n) is 4.61. The van der Waals surface area contributed by atoms with E-state index in [2.05, 4.69) is 10.1 Å². The van der Waals surface area contributed by atoms with Crippen molar-refractivity contribution < 1.29 is 14.3 Å². The molecule has 0 unspecified atom stereocenters. The molecular formula is C16H15N3O3S. The predicted molar refractivity (Wildman–Crippen MR) is 86.0 cm³/mol. The molecule has 3 rings (SSSR count). The van der Waals surface area contributed by atoms with Gasteiger partial charge in [0.05, 0.1) is 29.7 Å². The van der Waals surface area contributed by atoms with Gasteiger partial charge in [0.15, 0.2) is 5.75 Å². The summed E-state index contributed by atoms with van der Waals surface area (Å²) in [6.07, 6.45) is 1.67. The van der Waals surface area contributed by atoms with Gasteiger partial charge in [0.2, 0.25) is 5.69 Å². The first kappa shape index (κ1) is 15.2. The fourth-order valence-corrected chi connectivity index (χ4v) is 2.52. The van der Waals surface area contributed by atoms with E-state index in [0.717, 1.165) is 11.4 Å². The van der Waals surface area contributed by atoms with Crippen molar-refractivity contribution in [1.82, 2.24) is 14.8 Å². The quantitative estimate of drug-likeness (QED) is 0.650. The van der Waals surface area contributed by atoms with Crippen molar-refractivity contribution in [1.29, 1.82) is 0 Å². The molecule has 0 N–H and O–H groups in total. The normalized spacial score (nSPS) is 10.5. The smallest absolute Gasteiger partial charge is 0.362 e. The van der Waals surface area contributed by atoms with Crippen molar-refractivity contribution in [2.24, 2.45) is 0 Å². The molecule has 0 bridgehead atoms. The van der Waals surface area contributed by atoms with Gasteiger partial charge in [0, 0.05) is 5.38 Å². The van der Waals surface area contributed by atoms with Crippen LogP contribution in [0.3, 0.4) is 0 Å². The molecule has 2 heterocycles. The van der Waals surface area contributed by atoms with Crippen LogP contribution in [0.5, 0.6) is 5.75 Å². The molecule has 0 aliphatic rings. The highest BCUT2D eigenvalue weighted by Gasteiger charge is 2.20. The lowest BCUT2D eigenvalue weighted by atomic mass is 10.3. The van der Waals surface area contributed by atoms with Crippen molar-refractivity contribution in [3.05, 3.63) is 58.8 Å². The Morgan fingerprint density at radius 2 is 2.13 bits per heavy atom.